The van der Waals surface area contributed by atoms with Gasteiger partial charge < -0.3 is 4.90 Å². The van der Waals surface area contributed by atoms with E-state index in [0.717, 1.165) is 13.0 Å². The highest BCUT2D eigenvalue weighted by Crippen LogP contribution is 2.03. The van der Waals surface area contributed by atoms with Crippen molar-refractivity contribution in [1.82, 2.24) is 4.90 Å². The topological polar surface area (TPSA) is 20.3 Å². The molecule has 2 nitrogen and oxygen atoms in total. The van der Waals surface area contributed by atoms with Crippen LogP contribution in [-0.4, -0.2) is 24.4 Å². The van der Waals surface area contributed by atoms with Crippen molar-refractivity contribution < 1.29 is 4.79 Å². The van der Waals surface area contributed by atoms with Gasteiger partial charge in [0.2, 0.25) is 5.91 Å². The fraction of sp³-hybridized carbons (Fsp3) is 0.462. The molecule has 0 heterocycles. The van der Waals surface area contributed by atoms with Gasteiger partial charge in [-0.2, -0.15) is 0 Å². The molecule has 0 radical (unpaired) electrons. The van der Waals surface area contributed by atoms with Crippen LogP contribution in [0.2, 0.25) is 0 Å². The first-order chi connectivity index (χ1) is 7.11. The molecule has 0 bridgehead atoms. The van der Waals surface area contributed by atoms with E-state index in [1.54, 1.807) is 4.90 Å². The molecule has 1 rings (SSSR count). The minimum absolute atomic E-state index is 0.0887. The Kier molecular flexibility index (Phi) is 4.35. The average molecular weight is 205 g/mol. The van der Waals surface area contributed by atoms with Crippen molar-refractivity contribution in [1.29, 1.82) is 0 Å². The molecule has 0 spiro atoms. The molecule has 0 fully saturated rings. The Bertz CT molecular complexity index is 306. The fourth-order valence-electron chi connectivity index (χ4n) is 1.49. The average Bonchev–Trinajstić information content (AvgIpc) is 2.26. The van der Waals surface area contributed by atoms with Gasteiger partial charge in [-0.25, -0.2) is 0 Å². The van der Waals surface area contributed by atoms with Crippen LogP contribution in [-0.2, 0) is 11.2 Å². The summed E-state index contributed by atoms with van der Waals surface area (Å²) in [7, 11) is 1.87. The standard InChI is InChI=1S/C13H19NO/c1-11(2)13(15)14(3)10-9-12-7-5-4-6-8-12/h4-8,11H,9-10H2,1-3H3. The lowest BCUT2D eigenvalue weighted by Crippen LogP contribution is -2.32. The summed E-state index contributed by atoms with van der Waals surface area (Å²) in [4.78, 5) is 13.4. The second-order valence-electron chi connectivity index (χ2n) is 4.15. The lowest BCUT2D eigenvalue weighted by Gasteiger charge is -2.19. The quantitative estimate of drug-likeness (QED) is 0.739. The van der Waals surface area contributed by atoms with Crippen LogP contribution in [0.25, 0.3) is 0 Å². The number of amides is 1. The van der Waals surface area contributed by atoms with Crippen molar-refractivity contribution in [3.8, 4) is 0 Å². The number of hydrogen-bond acceptors (Lipinski definition) is 1. The van der Waals surface area contributed by atoms with Gasteiger partial charge >= 0.3 is 0 Å². The van der Waals surface area contributed by atoms with Crippen molar-refractivity contribution in [3.05, 3.63) is 35.9 Å². The molecule has 0 saturated heterocycles. The Balaban J connectivity index is 2.41. The van der Waals surface area contributed by atoms with Crippen molar-refractivity contribution in [2.75, 3.05) is 13.6 Å². The van der Waals surface area contributed by atoms with Crippen LogP contribution < -0.4 is 0 Å². The second kappa shape index (κ2) is 5.54. The van der Waals surface area contributed by atoms with Crippen LogP contribution in [0.3, 0.4) is 0 Å². The van der Waals surface area contributed by atoms with Crippen molar-refractivity contribution >= 4 is 5.91 Å². The first-order valence-corrected chi connectivity index (χ1v) is 5.40. The predicted molar refractivity (Wildman–Crippen MR) is 62.6 cm³/mol. The maximum absolute atomic E-state index is 11.6. The highest BCUT2D eigenvalue weighted by atomic mass is 16.2. The number of nitrogens with zero attached hydrogens (tertiary/aromatic N) is 1. The number of rotatable bonds is 4. The minimum Gasteiger partial charge on any atom is -0.345 e. The summed E-state index contributed by atoms with van der Waals surface area (Å²) in [5.41, 5.74) is 1.28. The van der Waals surface area contributed by atoms with Crippen molar-refractivity contribution in [2.24, 2.45) is 5.92 Å². The molecule has 82 valence electrons. The molecule has 1 aromatic rings. The highest BCUT2D eigenvalue weighted by molar-refractivity contribution is 5.77. The van der Waals surface area contributed by atoms with Gasteiger partial charge in [0, 0.05) is 19.5 Å². The number of carbonyl (C=O) groups excluding carboxylic acids is 1. The number of benzene rings is 1. The number of likely N-dealkylation sites (N-methyl/N-ethyl adjacent to an activating group) is 1. The maximum atomic E-state index is 11.6. The van der Waals surface area contributed by atoms with Crippen LogP contribution in [0.1, 0.15) is 19.4 Å². The molecule has 0 N–H and O–H groups in total. The van der Waals surface area contributed by atoms with Gasteiger partial charge in [-0.05, 0) is 12.0 Å². The zero-order valence-electron chi connectivity index (χ0n) is 9.73. The Morgan fingerprint density at radius 3 is 2.40 bits per heavy atom. The van der Waals surface area contributed by atoms with E-state index in [-0.39, 0.29) is 11.8 Å². The fourth-order valence-corrected chi connectivity index (χ4v) is 1.49. The van der Waals surface area contributed by atoms with Crippen LogP contribution in [0.15, 0.2) is 30.3 Å². The maximum Gasteiger partial charge on any atom is 0.224 e. The summed E-state index contributed by atoms with van der Waals surface area (Å²) in [6.45, 7) is 4.66. The molecular formula is C13H19NO. The van der Waals surface area contributed by atoms with E-state index in [9.17, 15) is 4.79 Å². The van der Waals surface area contributed by atoms with Crippen LogP contribution >= 0.6 is 0 Å². The normalized spacial score (nSPS) is 10.4. The molecular weight excluding hydrogens is 186 g/mol. The van der Waals surface area contributed by atoms with E-state index in [0.29, 0.717) is 0 Å². The van der Waals surface area contributed by atoms with Gasteiger partial charge in [-0.15, -0.1) is 0 Å². The van der Waals surface area contributed by atoms with Gasteiger partial charge in [0.05, 0.1) is 0 Å². The lowest BCUT2D eigenvalue weighted by atomic mass is 10.1. The molecule has 0 aliphatic heterocycles. The van der Waals surface area contributed by atoms with E-state index < -0.39 is 0 Å². The van der Waals surface area contributed by atoms with Gasteiger partial charge in [-0.3, -0.25) is 4.79 Å². The first-order valence-electron chi connectivity index (χ1n) is 5.40. The smallest absolute Gasteiger partial charge is 0.224 e. The summed E-state index contributed by atoms with van der Waals surface area (Å²) >= 11 is 0. The van der Waals surface area contributed by atoms with E-state index in [4.69, 9.17) is 0 Å². The molecule has 2 heteroatoms. The van der Waals surface area contributed by atoms with E-state index in [2.05, 4.69) is 12.1 Å². The van der Waals surface area contributed by atoms with Crippen LogP contribution in [0.4, 0.5) is 0 Å². The second-order valence-corrected chi connectivity index (χ2v) is 4.15. The molecule has 0 saturated carbocycles. The summed E-state index contributed by atoms with van der Waals surface area (Å²) in [6, 6.07) is 10.2. The lowest BCUT2D eigenvalue weighted by molar-refractivity contribution is -0.133. The Hall–Kier alpha value is -1.31. The number of hydrogen-bond donors (Lipinski definition) is 0. The minimum atomic E-state index is 0.0887. The molecule has 15 heavy (non-hydrogen) atoms. The zero-order valence-corrected chi connectivity index (χ0v) is 9.73. The summed E-state index contributed by atoms with van der Waals surface area (Å²) in [6.07, 6.45) is 0.926. The van der Waals surface area contributed by atoms with Crippen molar-refractivity contribution in [2.45, 2.75) is 20.3 Å². The third-order valence-electron chi connectivity index (χ3n) is 2.45. The Morgan fingerprint density at radius 1 is 1.27 bits per heavy atom. The molecule has 0 aliphatic carbocycles. The Morgan fingerprint density at radius 2 is 1.87 bits per heavy atom. The molecule has 1 amide bonds. The van der Waals surface area contributed by atoms with E-state index >= 15 is 0 Å². The Labute approximate surface area is 91.9 Å². The van der Waals surface area contributed by atoms with Crippen molar-refractivity contribution in [3.63, 3.8) is 0 Å². The molecule has 0 aliphatic rings. The molecule has 0 atom stereocenters. The molecule has 0 aromatic heterocycles. The third kappa shape index (κ3) is 3.74. The predicted octanol–water partition coefficient (Wildman–Crippen LogP) is 2.34. The van der Waals surface area contributed by atoms with Crippen LogP contribution in [0, 0.1) is 5.92 Å². The summed E-state index contributed by atoms with van der Waals surface area (Å²) < 4.78 is 0. The van der Waals surface area contributed by atoms with Gasteiger partial charge in [0.1, 0.15) is 0 Å². The summed E-state index contributed by atoms with van der Waals surface area (Å²) in [5.74, 6) is 0.303. The van der Waals surface area contributed by atoms with Gasteiger partial charge in [-0.1, -0.05) is 44.2 Å². The van der Waals surface area contributed by atoms with E-state index in [1.807, 2.05) is 39.1 Å². The summed E-state index contributed by atoms with van der Waals surface area (Å²) in [5, 5.41) is 0. The largest absolute Gasteiger partial charge is 0.345 e. The first kappa shape index (κ1) is 11.8. The SMILES string of the molecule is CC(C)C(=O)N(C)CCc1ccccc1. The van der Waals surface area contributed by atoms with E-state index in [1.165, 1.54) is 5.56 Å². The number of carbonyl (C=O) groups is 1. The third-order valence-corrected chi connectivity index (χ3v) is 2.45. The zero-order chi connectivity index (χ0) is 11.3. The molecule has 1 aromatic carbocycles. The van der Waals surface area contributed by atoms with Crippen LogP contribution in [0.5, 0.6) is 0 Å². The van der Waals surface area contributed by atoms with Gasteiger partial charge in [0.25, 0.3) is 0 Å². The highest BCUT2D eigenvalue weighted by Gasteiger charge is 2.11. The van der Waals surface area contributed by atoms with Gasteiger partial charge in [0.15, 0.2) is 0 Å². The molecule has 0 unspecified atom stereocenters. The monoisotopic (exact) mass is 205 g/mol.